The first kappa shape index (κ1) is 8.80. The Hall–Kier alpha value is -0.480. The maximum Gasteiger partial charge on any atom is 0.264 e. The molecule has 2 fully saturated rings. The molecule has 3 heterocycles. The zero-order valence-electron chi connectivity index (χ0n) is 7.68. The van der Waals surface area contributed by atoms with Gasteiger partial charge in [0.15, 0.2) is 0 Å². The molecule has 2 aliphatic heterocycles. The number of nitrogens with zero attached hydrogens (tertiary/aromatic N) is 1. The lowest BCUT2D eigenvalue weighted by molar-refractivity contribution is 0.0752. The van der Waals surface area contributed by atoms with Gasteiger partial charge in [0, 0.05) is 23.6 Å². The van der Waals surface area contributed by atoms with Crippen LogP contribution in [0.5, 0.6) is 0 Å². The van der Waals surface area contributed by atoms with Crippen molar-refractivity contribution in [1.82, 2.24) is 4.90 Å². The highest BCUT2D eigenvalue weighted by molar-refractivity contribution is 8.00. The number of carbonyl (C=O) groups excluding carboxylic acids is 1. The average Bonchev–Trinajstić information content (AvgIpc) is 2.93. The monoisotopic (exact) mass is 225 g/mol. The first-order valence-corrected chi connectivity index (χ1v) is 6.73. The lowest BCUT2D eigenvalue weighted by Gasteiger charge is -2.26. The van der Waals surface area contributed by atoms with Crippen LogP contribution in [0.4, 0.5) is 0 Å². The predicted molar refractivity (Wildman–Crippen MR) is 60.0 cm³/mol. The minimum atomic E-state index is 0.243. The largest absolute Gasteiger partial charge is 0.333 e. The number of carbonyl (C=O) groups is 1. The van der Waals surface area contributed by atoms with Gasteiger partial charge in [-0.05, 0) is 17.9 Å². The molecule has 2 nitrogen and oxygen atoms in total. The minimum absolute atomic E-state index is 0.243. The smallest absolute Gasteiger partial charge is 0.264 e. The zero-order valence-corrected chi connectivity index (χ0v) is 9.31. The van der Waals surface area contributed by atoms with Gasteiger partial charge in [0.2, 0.25) is 0 Å². The number of amides is 1. The molecule has 2 bridgehead atoms. The maximum atomic E-state index is 12.0. The predicted octanol–water partition coefficient (Wildman–Crippen LogP) is 2.08. The minimum Gasteiger partial charge on any atom is -0.333 e. The van der Waals surface area contributed by atoms with Crippen LogP contribution in [-0.2, 0) is 0 Å². The molecule has 0 radical (unpaired) electrons. The fourth-order valence-electron chi connectivity index (χ4n) is 2.19. The van der Waals surface area contributed by atoms with Crippen LogP contribution in [0, 0.1) is 0 Å². The number of rotatable bonds is 1. The van der Waals surface area contributed by atoms with Crippen LogP contribution in [0.1, 0.15) is 16.1 Å². The SMILES string of the molecule is O=C(c1cccs1)N1CC2CC1CS2. The van der Waals surface area contributed by atoms with Crippen molar-refractivity contribution in [2.24, 2.45) is 0 Å². The molecule has 4 heteroatoms. The van der Waals surface area contributed by atoms with E-state index < -0.39 is 0 Å². The lowest BCUT2D eigenvalue weighted by atomic mass is 10.2. The Bertz CT molecular complexity index is 349. The molecule has 0 spiro atoms. The van der Waals surface area contributed by atoms with Gasteiger partial charge >= 0.3 is 0 Å². The molecule has 1 amide bonds. The van der Waals surface area contributed by atoms with Gasteiger partial charge < -0.3 is 4.90 Å². The first-order chi connectivity index (χ1) is 6.84. The zero-order chi connectivity index (χ0) is 9.54. The van der Waals surface area contributed by atoms with Crippen LogP contribution in [0.15, 0.2) is 17.5 Å². The Morgan fingerprint density at radius 3 is 3.07 bits per heavy atom. The molecule has 3 rings (SSSR count). The Balaban J connectivity index is 1.81. The summed E-state index contributed by atoms with van der Waals surface area (Å²) in [4.78, 5) is 15.0. The van der Waals surface area contributed by atoms with E-state index in [0.29, 0.717) is 11.3 Å². The van der Waals surface area contributed by atoms with Crippen molar-refractivity contribution < 1.29 is 4.79 Å². The van der Waals surface area contributed by atoms with E-state index in [4.69, 9.17) is 0 Å². The fraction of sp³-hybridized carbons (Fsp3) is 0.500. The van der Waals surface area contributed by atoms with E-state index in [1.54, 1.807) is 11.3 Å². The summed E-state index contributed by atoms with van der Waals surface area (Å²) < 4.78 is 0. The maximum absolute atomic E-state index is 12.0. The van der Waals surface area contributed by atoms with E-state index in [1.165, 1.54) is 6.42 Å². The Labute approximate surface area is 91.3 Å². The molecule has 0 N–H and O–H groups in total. The Morgan fingerprint density at radius 2 is 2.50 bits per heavy atom. The fourth-order valence-corrected chi connectivity index (χ4v) is 4.30. The molecule has 1 aromatic heterocycles. The molecule has 74 valence electrons. The summed E-state index contributed by atoms with van der Waals surface area (Å²) in [7, 11) is 0. The van der Waals surface area contributed by atoms with Gasteiger partial charge in [-0.2, -0.15) is 11.8 Å². The summed E-state index contributed by atoms with van der Waals surface area (Å²) in [5.74, 6) is 1.38. The standard InChI is InChI=1S/C10H11NOS2/c12-10(9-2-1-3-13-9)11-5-8-4-7(11)6-14-8/h1-3,7-8H,4-6H2. The van der Waals surface area contributed by atoms with Gasteiger partial charge in [-0.3, -0.25) is 4.79 Å². The molecular weight excluding hydrogens is 214 g/mol. The van der Waals surface area contributed by atoms with Crippen molar-refractivity contribution in [3.8, 4) is 0 Å². The molecule has 1 aromatic rings. The van der Waals surface area contributed by atoms with Crippen molar-refractivity contribution in [1.29, 1.82) is 0 Å². The summed E-state index contributed by atoms with van der Waals surface area (Å²) in [6, 6.07) is 4.38. The van der Waals surface area contributed by atoms with Crippen molar-refractivity contribution in [3.63, 3.8) is 0 Å². The number of thiophene rings is 1. The van der Waals surface area contributed by atoms with Gasteiger partial charge in [-0.1, -0.05) is 6.07 Å². The van der Waals surface area contributed by atoms with E-state index in [2.05, 4.69) is 4.90 Å². The summed E-state index contributed by atoms with van der Waals surface area (Å²) in [6.07, 6.45) is 1.21. The van der Waals surface area contributed by atoms with Crippen molar-refractivity contribution in [2.45, 2.75) is 17.7 Å². The Kier molecular flexibility index (Phi) is 2.06. The van der Waals surface area contributed by atoms with Crippen LogP contribution in [-0.4, -0.2) is 34.4 Å². The average molecular weight is 225 g/mol. The number of thioether (sulfide) groups is 1. The summed E-state index contributed by atoms with van der Waals surface area (Å²) in [6.45, 7) is 0.964. The quantitative estimate of drug-likeness (QED) is 0.729. The van der Waals surface area contributed by atoms with E-state index in [1.807, 2.05) is 29.3 Å². The number of hydrogen-bond acceptors (Lipinski definition) is 3. The molecular formula is C10H11NOS2. The van der Waals surface area contributed by atoms with Crippen LogP contribution < -0.4 is 0 Å². The normalized spacial score (nSPS) is 29.9. The number of fused-ring (bicyclic) bond motifs is 2. The molecule has 2 unspecified atom stereocenters. The lowest BCUT2D eigenvalue weighted by Crippen LogP contribution is -2.38. The number of likely N-dealkylation sites (tertiary alicyclic amines) is 1. The summed E-state index contributed by atoms with van der Waals surface area (Å²) in [5.41, 5.74) is 0. The highest BCUT2D eigenvalue weighted by Gasteiger charge is 2.41. The third-order valence-corrected chi connectivity index (χ3v) is 5.14. The second kappa shape index (κ2) is 3.28. The molecule has 2 aliphatic rings. The summed E-state index contributed by atoms with van der Waals surface area (Å²) >= 11 is 3.57. The third kappa shape index (κ3) is 1.28. The second-order valence-electron chi connectivity index (χ2n) is 3.78. The van der Waals surface area contributed by atoms with E-state index >= 15 is 0 Å². The van der Waals surface area contributed by atoms with Gasteiger partial charge in [-0.25, -0.2) is 0 Å². The van der Waals surface area contributed by atoms with E-state index in [9.17, 15) is 4.79 Å². The van der Waals surface area contributed by atoms with Crippen LogP contribution >= 0.6 is 23.1 Å². The second-order valence-corrected chi connectivity index (χ2v) is 6.06. The van der Waals surface area contributed by atoms with Gasteiger partial charge in [-0.15, -0.1) is 11.3 Å². The van der Waals surface area contributed by atoms with Crippen LogP contribution in [0.3, 0.4) is 0 Å². The van der Waals surface area contributed by atoms with E-state index in [0.717, 1.165) is 17.2 Å². The molecule has 0 aliphatic carbocycles. The molecule has 0 aromatic carbocycles. The highest BCUT2D eigenvalue weighted by atomic mass is 32.2. The molecule has 0 saturated carbocycles. The van der Waals surface area contributed by atoms with Gasteiger partial charge in [0.05, 0.1) is 4.88 Å². The molecule has 14 heavy (non-hydrogen) atoms. The van der Waals surface area contributed by atoms with Crippen LogP contribution in [0.2, 0.25) is 0 Å². The molecule has 2 saturated heterocycles. The Morgan fingerprint density at radius 1 is 1.57 bits per heavy atom. The summed E-state index contributed by atoms with van der Waals surface area (Å²) in [5, 5.41) is 2.68. The van der Waals surface area contributed by atoms with E-state index in [-0.39, 0.29) is 5.91 Å². The molecule has 2 atom stereocenters. The third-order valence-electron chi connectivity index (χ3n) is 2.89. The topological polar surface area (TPSA) is 20.3 Å². The van der Waals surface area contributed by atoms with Crippen molar-refractivity contribution in [3.05, 3.63) is 22.4 Å². The highest BCUT2D eigenvalue weighted by Crippen LogP contribution is 2.38. The number of hydrogen-bond donors (Lipinski definition) is 0. The van der Waals surface area contributed by atoms with Crippen molar-refractivity contribution >= 4 is 29.0 Å². The van der Waals surface area contributed by atoms with Gasteiger partial charge in [0.1, 0.15) is 0 Å². The van der Waals surface area contributed by atoms with Gasteiger partial charge in [0.25, 0.3) is 5.91 Å². The first-order valence-electron chi connectivity index (χ1n) is 4.80. The van der Waals surface area contributed by atoms with Crippen LogP contribution in [0.25, 0.3) is 0 Å². The van der Waals surface area contributed by atoms with Crippen molar-refractivity contribution in [2.75, 3.05) is 12.3 Å².